The van der Waals surface area contributed by atoms with Gasteiger partial charge in [0.15, 0.2) is 0 Å². The molecule has 0 heterocycles. The van der Waals surface area contributed by atoms with E-state index in [4.69, 9.17) is 11.6 Å². The van der Waals surface area contributed by atoms with Crippen LogP contribution in [0.4, 0.5) is 5.69 Å². The second kappa shape index (κ2) is 14.9. The van der Waals surface area contributed by atoms with Crippen LogP contribution in [0.15, 0.2) is 84.9 Å². The molecule has 0 aliphatic carbocycles. The normalized spacial score (nSPS) is 12.1. The van der Waals surface area contributed by atoms with E-state index in [0.717, 1.165) is 17.4 Å². The summed E-state index contributed by atoms with van der Waals surface area (Å²) in [5, 5.41) is 3.44. The van der Waals surface area contributed by atoms with Crippen LogP contribution in [0.2, 0.25) is 5.02 Å². The number of carbonyl (C=O) groups is 2. The number of anilines is 1. The van der Waals surface area contributed by atoms with Crippen LogP contribution in [0.25, 0.3) is 0 Å². The molecule has 9 heteroatoms. The van der Waals surface area contributed by atoms with Gasteiger partial charge in [0.1, 0.15) is 6.04 Å². The second-order valence-electron chi connectivity index (χ2n) is 10.3. The van der Waals surface area contributed by atoms with Crippen molar-refractivity contribution in [3.05, 3.63) is 101 Å². The Morgan fingerprint density at radius 3 is 2.10 bits per heavy atom. The summed E-state index contributed by atoms with van der Waals surface area (Å²) in [5.41, 5.74) is 2.29. The average molecular weight is 584 g/mol. The fourth-order valence-electron chi connectivity index (χ4n) is 4.39. The third-order valence-corrected chi connectivity index (χ3v) is 7.83. The minimum absolute atomic E-state index is 0.0716. The van der Waals surface area contributed by atoms with Gasteiger partial charge in [0.05, 0.1) is 11.9 Å². The molecule has 3 aromatic carbocycles. The van der Waals surface area contributed by atoms with E-state index in [1.54, 1.807) is 29.2 Å². The molecule has 3 rings (SSSR count). The highest BCUT2D eigenvalue weighted by atomic mass is 35.5. The van der Waals surface area contributed by atoms with Gasteiger partial charge in [-0.15, -0.1) is 0 Å². The van der Waals surface area contributed by atoms with Gasteiger partial charge in [-0.3, -0.25) is 13.9 Å². The maximum Gasteiger partial charge on any atom is 0.243 e. The summed E-state index contributed by atoms with van der Waals surface area (Å²) in [6.07, 6.45) is 1.84. The third kappa shape index (κ3) is 9.68. The molecule has 40 heavy (non-hydrogen) atoms. The third-order valence-electron chi connectivity index (χ3n) is 6.40. The molecule has 0 bridgehead atoms. The van der Waals surface area contributed by atoms with Crippen molar-refractivity contribution in [2.45, 2.75) is 45.7 Å². The van der Waals surface area contributed by atoms with Crippen LogP contribution in [0.3, 0.4) is 0 Å². The number of benzene rings is 3. The van der Waals surface area contributed by atoms with Gasteiger partial charge in [-0.25, -0.2) is 8.42 Å². The molecular weight excluding hydrogens is 546 g/mol. The van der Waals surface area contributed by atoms with Crippen LogP contribution >= 0.6 is 11.6 Å². The molecule has 214 valence electrons. The largest absolute Gasteiger partial charge is 0.354 e. The number of halogens is 1. The molecule has 7 nitrogen and oxygen atoms in total. The lowest BCUT2D eigenvalue weighted by Gasteiger charge is -2.32. The molecule has 0 fully saturated rings. The Kier molecular flexibility index (Phi) is 11.6. The molecule has 0 spiro atoms. The zero-order valence-corrected chi connectivity index (χ0v) is 24.9. The molecule has 3 aromatic rings. The van der Waals surface area contributed by atoms with Crippen molar-refractivity contribution >= 4 is 39.1 Å². The van der Waals surface area contributed by atoms with Crippen molar-refractivity contribution in [3.63, 3.8) is 0 Å². The lowest BCUT2D eigenvalue weighted by Crippen LogP contribution is -2.51. The Bertz CT molecular complexity index is 1350. The van der Waals surface area contributed by atoms with E-state index >= 15 is 0 Å². The first-order valence-electron chi connectivity index (χ1n) is 13.4. The highest BCUT2D eigenvalue weighted by molar-refractivity contribution is 7.92. The molecule has 0 aromatic heterocycles. The average Bonchev–Trinajstić information content (AvgIpc) is 2.92. The molecule has 0 aliphatic heterocycles. The highest BCUT2D eigenvalue weighted by Gasteiger charge is 2.30. The lowest BCUT2D eigenvalue weighted by molar-refractivity contribution is -0.141. The monoisotopic (exact) mass is 583 g/mol. The quantitative estimate of drug-likeness (QED) is 0.279. The number of sulfonamides is 1. The van der Waals surface area contributed by atoms with Gasteiger partial charge in [0, 0.05) is 37.5 Å². The van der Waals surface area contributed by atoms with Crippen LogP contribution in [-0.4, -0.2) is 50.5 Å². The Hall–Kier alpha value is -3.36. The SMILES string of the molecule is CC(C)CNC(=O)[C@@H](Cc1ccccc1)N(Cc1ccccc1)C(=O)CCCN(c1cccc(Cl)c1)S(C)(=O)=O. The maximum absolute atomic E-state index is 13.8. The van der Waals surface area contributed by atoms with Crippen LogP contribution in [0.1, 0.15) is 37.8 Å². The first kappa shape index (κ1) is 31.2. The Labute approximate surface area is 243 Å². The van der Waals surface area contributed by atoms with Gasteiger partial charge in [0.25, 0.3) is 0 Å². The standard InChI is InChI=1S/C31H38ClN3O4S/c1-24(2)22-33-31(37)29(20-25-12-6-4-7-13-25)34(23-26-14-8-5-9-15-26)30(36)18-11-19-35(40(3,38)39)28-17-10-16-27(32)21-28/h4-10,12-17,21,24,29H,11,18-20,22-23H2,1-3H3,(H,33,37)/t29-/m1/s1. The molecule has 0 saturated heterocycles. The molecule has 2 amide bonds. The zero-order chi connectivity index (χ0) is 29.1. The predicted octanol–water partition coefficient (Wildman–Crippen LogP) is 5.30. The number of carbonyl (C=O) groups excluding carboxylic acids is 2. The van der Waals surface area contributed by atoms with Gasteiger partial charge < -0.3 is 10.2 Å². The van der Waals surface area contributed by atoms with E-state index in [9.17, 15) is 18.0 Å². The van der Waals surface area contributed by atoms with Gasteiger partial charge in [-0.05, 0) is 41.7 Å². The minimum atomic E-state index is -3.60. The zero-order valence-electron chi connectivity index (χ0n) is 23.3. The predicted molar refractivity (Wildman–Crippen MR) is 162 cm³/mol. The number of hydrogen-bond donors (Lipinski definition) is 1. The summed E-state index contributed by atoms with van der Waals surface area (Å²) in [6.45, 7) is 4.91. The molecule has 0 saturated carbocycles. The van der Waals surface area contributed by atoms with Gasteiger partial charge in [0.2, 0.25) is 21.8 Å². The van der Waals surface area contributed by atoms with Crippen LogP contribution < -0.4 is 9.62 Å². The lowest BCUT2D eigenvalue weighted by atomic mass is 10.0. The summed E-state index contributed by atoms with van der Waals surface area (Å²) >= 11 is 6.10. The molecule has 0 radical (unpaired) electrons. The fraction of sp³-hybridized carbons (Fsp3) is 0.355. The molecule has 0 unspecified atom stereocenters. The van der Waals surface area contributed by atoms with E-state index < -0.39 is 16.1 Å². The number of rotatable bonds is 14. The fourth-order valence-corrected chi connectivity index (χ4v) is 5.53. The van der Waals surface area contributed by atoms with Gasteiger partial charge in [-0.2, -0.15) is 0 Å². The van der Waals surface area contributed by atoms with Crippen LogP contribution in [0.5, 0.6) is 0 Å². The molecule has 0 aliphatic rings. The van der Waals surface area contributed by atoms with Gasteiger partial charge >= 0.3 is 0 Å². The minimum Gasteiger partial charge on any atom is -0.354 e. The van der Waals surface area contributed by atoms with Crippen molar-refractivity contribution in [2.24, 2.45) is 5.92 Å². The van der Waals surface area contributed by atoms with Crippen LogP contribution in [-0.2, 0) is 32.6 Å². The topological polar surface area (TPSA) is 86.8 Å². The highest BCUT2D eigenvalue weighted by Crippen LogP contribution is 2.23. The van der Waals surface area contributed by atoms with Crippen molar-refractivity contribution in [1.82, 2.24) is 10.2 Å². The number of hydrogen-bond acceptors (Lipinski definition) is 4. The molecule has 1 atom stereocenters. The van der Waals surface area contributed by atoms with Crippen molar-refractivity contribution in [2.75, 3.05) is 23.7 Å². The van der Waals surface area contributed by atoms with E-state index in [0.29, 0.717) is 23.7 Å². The number of nitrogens with zero attached hydrogens (tertiary/aromatic N) is 2. The first-order valence-corrected chi connectivity index (χ1v) is 15.7. The summed E-state index contributed by atoms with van der Waals surface area (Å²) in [6, 6.07) is 25.1. The van der Waals surface area contributed by atoms with E-state index in [1.807, 2.05) is 74.5 Å². The molecule has 1 N–H and O–H groups in total. The van der Waals surface area contributed by atoms with Gasteiger partial charge in [-0.1, -0.05) is 92.2 Å². The van der Waals surface area contributed by atoms with Crippen molar-refractivity contribution in [3.8, 4) is 0 Å². The van der Waals surface area contributed by atoms with Crippen molar-refractivity contribution in [1.29, 1.82) is 0 Å². The van der Waals surface area contributed by atoms with Crippen LogP contribution in [0, 0.1) is 5.92 Å². The molecular formula is C31H38ClN3O4S. The smallest absolute Gasteiger partial charge is 0.243 e. The Morgan fingerprint density at radius 1 is 0.900 bits per heavy atom. The maximum atomic E-state index is 13.8. The van der Waals surface area contributed by atoms with E-state index in [2.05, 4.69) is 5.32 Å². The summed E-state index contributed by atoms with van der Waals surface area (Å²) in [4.78, 5) is 28.9. The summed E-state index contributed by atoms with van der Waals surface area (Å²) in [7, 11) is -3.60. The van der Waals surface area contributed by atoms with Crippen molar-refractivity contribution < 1.29 is 18.0 Å². The number of amides is 2. The summed E-state index contributed by atoms with van der Waals surface area (Å²) < 4.78 is 26.4. The second-order valence-corrected chi connectivity index (χ2v) is 12.6. The van der Waals surface area contributed by atoms with E-state index in [1.165, 1.54) is 4.31 Å². The Morgan fingerprint density at radius 2 is 1.52 bits per heavy atom. The summed E-state index contributed by atoms with van der Waals surface area (Å²) in [5.74, 6) is -0.171. The number of nitrogens with one attached hydrogen (secondary N) is 1. The first-order chi connectivity index (χ1) is 19.0. The van der Waals surface area contributed by atoms with E-state index in [-0.39, 0.29) is 43.7 Å². The Balaban J connectivity index is 1.85.